The number of piperidine rings is 1. The van der Waals surface area contributed by atoms with Gasteiger partial charge >= 0.3 is 0 Å². The summed E-state index contributed by atoms with van der Waals surface area (Å²) in [6.07, 6.45) is 5.15. The summed E-state index contributed by atoms with van der Waals surface area (Å²) in [5.41, 5.74) is 3.47. The Morgan fingerprint density at radius 3 is 3.11 bits per heavy atom. The zero-order chi connectivity index (χ0) is 18.4. The number of amides is 1. The van der Waals surface area contributed by atoms with E-state index in [0.717, 1.165) is 41.7 Å². The summed E-state index contributed by atoms with van der Waals surface area (Å²) >= 11 is 0. The van der Waals surface area contributed by atoms with Gasteiger partial charge in [-0.25, -0.2) is 9.50 Å². The van der Waals surface area contributed by atoms with Crippen molar-refractivity contribution in [3.05, 3.63) is 59.9 Å². The van der Waals surface area contributed by atoms with Crippen molar-refractivity contribution in [2.24, 2.45) is 0 Å². The van der Waals surface area contributed by atoms with Crippen LogP contribution in [0.3, 0.4) is 0 Å². The number of fused-ring (bicyclic) bond motifs is 2. The molecule has 5 rings (SSSR count). The third-order valence-electron chi connectivity index (χ3n) is 5.23. The largest absolute Gasteiger partial charge is 0.464 e. The van der Waals surface area contributed by atoms with E-state index < -0.39 is 0 Å². The zero-order valence-corrected chi connectivity index (χ0v) is 15.0. The highest BCUT2D eigenvalue weighted by molar-refractivity contribution is 5.97. The monoisotopic (exact) mass is 361 g/mol. The molecule has 0 N–H and O–H groups in total. The fourth-order valence-electron chi connectivity index (χ4n) is 3.94. The van der Waals surface area contributed by atoms with E-state index in [9.17, 15) is 4.79 Å². The second-order valence-electron chi connectivity index (χ2n) is 7.06. The molecule has 1 fully saturated rings. The minimum absolute atomic E-state index is 0.0587. The Kier molecular flexibility index (Phi) is 3.67. The number of furan rings is 1. The highest BCUT2D eigenvalue weighted by Crippen LogP contribution is 2.28. The predicted molar refractivity (Wildman–Crippen MR) is 99.6 cm³/mol. The molecule has 0 aliphatic carbocycles. The van der Waals surface area contributed by atoms with Crippen LogP contribution in [0.4, 0.5) is 0 Å². The standard InChI is InChI=1S/C20H19N5O2/c1-13-9-17(25-20(23-13)21-12-22-25)16-3-2-7-24(11-16)19(26)15-4-5-18-14(10-15)6-8-27-18/h4-6,8-10,12,16H,2-3,7,11H2,1H3. The van der Waals surface area contributed by atoms with Gasteiger partial charge in [0.1, 0.15) is 11.9 Å². The van der Waals surface area contributed by atoms with Crippen molar-refractivity contribution in [2.45, 2.75) is 25.7 Å². The maximum Gasteiger partial charge on any atom is 0.253 e. The lowest BCUT2D eigenvalue weighted by Gasteiger charge is -2.33. The lowest BCUT2D eigenvalue weighted by atomic mass is 9.93. The van der Waals surface area contributed by atoms with E-state index >= 15 is 0 Å². The molecule has 1 aromatic carbocycles. The van der Waals surface area contributed by atoms with Crippen molar-refractivity contribution >= 4 is 22.7 Å². The molecule has 4 aromatic rings. The van der Waals surface area contributed by atoms with E-state index in [1.54, 1.807) is 10.8 Å². The Morgan fingerprint density at radius 1 is 1.26 bits per heavy atom. The molecule has 1 aliphatic heterocycles. The van der Waals surface area contributed by atoms with Crippen molar-refractivity contribution in [1.29, 1.82) is 0 Å². The van der Waals surface area contributed by atoms with Gasteiger partial charge in [0.05, 0.1) is 12.0 Å². The summed E-state index contributed by atoms with van der Waals surface area (Å²) < 4.78 is 7.17. The number of hydrogen-bond donors (Lipinski definition) is 0. The molecule has 4 heterocycles. The summed E-state index contributed by atoms with van der Waals surface area (Å²) in [7, 11) is 0. The summed E-state index contributed by atoms with van der Waals surface area (Å²) in [6, 6.07) is 9.53. The fraction of sp³-hybridized carbons (Fsp3) is 0.300. The van der Waals surface area contributed by atoms with Crippen molar-refractivity contribution in [1.82, 2.24) is 24.5 Å². The quantitative estimate of drug-likeness (QED) is 0.548. The molecule has 0 spiro atoms. The molecular weight excluding hydrogens is 342 g/mol. The van der Waals surface area contributed by atoms with Gasteiger partial charge in [-0.2, -0.15) is 10.1 Å². The molecular formula is C20H19N5O2. The summed E-state index contributed by atoms with van der Waals surface area (Å²) in [4.78, 5) is 23.6. The predicted octanol–water partition coefficient (Wildman–Crippen LogP) is 3.20. The van der Waals surface area contributed by atoms with Crippen molar-refractivity contribution < 1.29 is 9.21 Å². The van der Waals surface area contributed by atoms with Gasteiger partial charge < -0.3 is 9.32 Å². The molecule has 7 heteroatoms. The van der Waals surface area contributed by atoms with E-state index in [4.69, 9.17) is 4.42 Å². The van der Waals surface area contributed by atoms with Crippen LogP contribution >= 0.6 is 0 Å². The molecule has 1 atom stereocenters. The van der Waals surface area contributed by atoms with Crippen LogP contribution in [0.1, 0.15) is 40.5 Å². The minimum atomic E-state index is 0.0587. The van der Waals surface area contributed by atoms with Crippen LogP contribution in [0.15, 0.2) is 47.3 Å². The SMILES string of the molecule is Cc1cc(C2CCCN(C(=O)c3ccc4occc4c3)C2)n2ncnc2n1. The molecule has 0 radical (unpaired) electrons. The summed E-state index contributed by atoms with van der Waals surface area (Å²) in [5.74, 6) is 0.883. The number of likely N-dealkylation sites (tertiary alicyclic amines) is 1. The molecule has 1 unspecified atom stereocenters. The van der Waals surface area contributed by atoms with Gasteiger partial charge in [-0.05, 0) is 50.1 Å². The fourth-order valence-corrected chi connectivity index (χ4v) is 3.94. The lowest BCUT2D eigenvalue weighted by molar-refractivity contribution is 0.0705. The molecule has 0 bridgehead atoms. The number of rotatable bonds is 2. The first-order valence-electron chi connectivity index (χ1n) is 9.13. The Bertz CT molecular complexity index is 1150. The third-order valence-corrected chi connectivity index (χ3v) is 5.23. The van der Waals surface area contributed by atoms with Gasteiger partial charge in [0.25, 0.3) is 11.7 Å². The third kappa shape index (κ3) is 2.75. The van der Waals surface area contributed by atoms with Crippen LogP contribution in [-0.2, 0) is 0 Å². The second kappa shape index (κ2) is 6.19. The first-order chi connectivity index (χ1) is 13.2. The van der Waals surface area contributed by atoms with E-state index in [0.29, 0.717) is 17.9 Å². The number of aromatic nitrogens is 4. The minimum Gasteiger partial charge on any atom is -0.464 e. The molecule has 7 nitrogen and oxygen atoms in total. The van der Waals surface area contributed by atoms with E-state index in [2.05, 4.69) is 21.1 Å². The van der Waals surface area contributed by atoms with Gasteiger partial charge in [0.15, 0.2) is 0 Å². The topological polar surface area (TPSA) is 76.5 Å². The number of benzene rings is 1. The average Bonchev–Trinajstić information content (AvgIpc) is 3.35. The van der Waals surface area contributed by atoms with Gasteiger partial charge in [-0.3, -0.25) is 4.79 Å². The highest BCUT2D eigenvalue weighted by atomic mass is 16.3. The number of nitrogens with zero attached hydrogens (tertiary/aromatic N) is 5. The molecule has 1 aliphatic rings. The van der Waals surface area contributed by atoms with Gasteiger partial charge in [0, 0.05) is 35.7 Å². The average molecular weight is 361 g/mol. The lowest BCUT2D eigenvalue weighted by Crippen LogP contribution is -2.39. The smallest absolute Gasteiger partial charge is 0.253 e. The first kappa shape index (κ1) is 16.0. The second-order valence-corrected chi connectivity index (χ2v) is 7.06. The Balaban J connectivity index is 1.44. The Labute approximate surface area is 155 Å². The van der Waals surface area contributed by atoms with Gasteiger partial charge in [-0.1, -0.05) is 0 Å². The van der Waals surface area contributed by atoms with Crippen LogP contribution in [0, 0.1) is 6.92 Å². The Morgan fingerprint density at radius 2 is 2.19 bits per heavy atom. The van der Waals surface area contributed by atoms with Crippen LogP contribution in [0.25, 0.3) is 16.7 Å². The van der Waals surface area contributed by atoms with E-state index in [1.165, 1.54) is 6.33 Å². The Hall–Kier alpha value is -3.22. The molecule has 3 aromatic heterocycles. The van der Waals surface area contributed by atoms with Crippen LogP contribution in [0.5, 0.6) is 0 Å². The summed E-state index contributed by atoms with van der Waals surface area (Å²) in [5, 5.41) is 5.27. The summed E-state index contributed by atoms with van der Waals surface area (Å²) in [6.45, 7) is 3.40. The molecule has 27 heavy (non-hydrogen) atoms. The van der Waals surface area contributed by atoms with Crippen molar-refractivity contribution in [3.8, 4) is 0 Å². The van der Waals surface area contributed by atoms with Gasteiger partial charge in [0.2, 0.25) is 0 Å². The van der Waals surface area contributed by atoms with Crippen LogP contribution < -0.4 is 0 Å². The normalized spacial score (nSPS) is 17.7. The number of hydrogen-bond acceptors (Lipinski definition) is 5. The molecule has 1 amide bonds. The molecule has 136 valence electrons. The van der Waals surface area contributed by atoms with Crippen molar-refractivity contribution in [2.75, 3.05) is 13.1 Å². The van der Waals surface area contributed by atoms with Crippen LogP contribution in [-0.4, -0.2) is 43.5 Å². The maximum atomic E-state index is 13.1. The first-order valence-corrected chi connectivity index (χ1v) is 9.13. The van der Waals surface area contributed by atoms with E-state index in [-0.39, 0.29) is 11.8 Å². The zero-order valence-electron chi connectivity index (χ0n) is 15.0. The molecule has 0 saturated carbocycles. The maximum absolute atomic E-state index is 13.1. The van der Waals surface area contributed by atoms with Crippen LogP contribution in [0.2, 0.25) is 0 Å². The molecule has 1 saturated heterocycles. The van der Waals surface area contributed by atoms with Crippen molar-refractivity contribution in [3.63, 3.8) is 0 Å². The van der Waals surface area contributed by atoms with E-state index in [1.807, 2.05) is 36.1 Å². The number of carbonyl (C=O) groups excluding carboxylic acids is 1. The number of aryl methyl sites for hydroxylation is 1. The number of carbonyl (C=O) groups is 1. The van der Waals surface area contributed by atoms with Gasteiger partial charge in [-0.15, -0.1) is 0 Å². The highest BCUT2D eigenvalue weighted by Gasteiger charge is 2.28.